The summed E-state index contributed by atoms with van der Waals surface area (Å²) >= 11 is 0. The SMILES string of the molecule is CC(C)(C)C1=CC(=C(C#N)C#N)C=C(/C=C/c2ccc3c(c2)C(C)(C)c2cc(N(c4ccccc4)c4ccccc4)ccc2-3)O1. The fraction of sp³-hybridized carbons (Fsp3) is 0.171. The normalized spacial score (nSPS) is 14.8. The molecule has 4 aromatic rings. The topological polar surface area (TPSA) is 60.0 Å². The van der Waals surface area contributed by atoms with E-state index >= 15 is 0 Å². The monoisotopic (exact) mass is 585 g/mol. The number of anilines is 3. The van der Waals surface area contributed by atoms with Crippen molar-refractivity contribution < 1.29 is 4.74 Å². The Morgan fingerprint density at radius 1 is 0.711 bits per heavy atom. The van der Waals surface area contributed by atoms with E-state index in [4.69, 9.17) is 4.74 Å². The summed E-state index contributed by atoms with van der Waals surface area (Å²) in [7, 11) is 0. The van der Waals surface area contributed by atoms with E-state index in [1.807, 2.05) is 57.2 Å². The standard InChI is InChI=1S/C41H35N3O/c1-40(2,3)39-24-29(30(26-42)27-43)23-34(45-39)19-16-28-17-20-35-36-21-18-33(25-38(36)41(4,5)37(35)22-28)44(31-12-8-6-9-13-31)32-14-10-7-11-15-32/h6-25H,1-5H3/b19-16+. The molecule has 220 valence electrons. The quantitative estimate of drug-likeness (QED) is 0.219. The third-order valence-corrected chi connectivity index (χ3v) is 8.47. The van der Waals surface area contributed by atoms with Crippen LogP contribution in [-0.4, -0.2) is 0 Å². The average Bonchev–Trinajstić information content (AvgIpc) is 3.27. The summed E-state index contributed by atoms with van der Waals surface area (Å²) in [6.45, 7) is 10.7. The summed E-state index contributed by atoms with van der Waals surface area (Å²) in [4.78, 5) is 2.30. The fourth-order valence-electron chi connectivity index (χ4n) is 6.04. The molecule has 0 amide bonds. The van der Waals surface area contributed by atoms with Crippen molar-refractivity contribution in [2.45, 2.75) is 40.0 Å². The van der Waals surface area contributed by atoms with Gasteiger partial charge in [-0.1, -0.05) is 101 Å². The van der Waals surface area contributed by atoms with Crippen molar-refractivity contribution in [3.05, 3.63) is 155 Å². The van der Waals surface area contributed by atoms with E-state index in [1.54, 1.807) is 12.2 Å². The van der Waals surface area contributed by atoms with Crippen molar-refractivity contribution >= 4 is 23.1 Å². The van der Waals surface area contributed by atoms with Gasteiger partial charge in [-0.15, -0.1) is 0 Å². The van der Waals surface area contributed by atoms with Crippen LogP contribution in [0.1, 0.15) is 51.3 Å². The molecule has 0 N–H and O–H groups in total. The molecule has 0 fully saturated rings. The Balaban J connectivity index is 1.35. The van der Waals surface area contributed by atoms with Gasteiger partial charge in [0.25, 0.3) is 0 Å². The molecule has 0 bridgehead atoms. The van der Waals surface area contributed by atoms with Crippen LogP contribution in [0.3, 0.4) is 0 Å². The molecular weight excluding hydrogens is 550 g/mol. The van der Waals surface area contributed by atoms with Crippen LogP contribution < -0.4 is 4.90 Å². The Bertz CT molecular complexity index is 1930. The number of ether oxygens (including phenoxy) is 1. The molecule has 0 saturated carbocycles. The number of nitriles is 2. The van der Waals surface area contributed by atoms with E-state index in [9.17, 15) is 10.5 Å². The lowest BCUT2D eigenvalue weighted by Crippen LogP contribution is -2.16. The van der Waals surface area contributed by atoms with E-state index in [2.05, 4.69) is 104 Å². The molecule has 0 saturated heterocycles. The molecule has 0 unspecified atom stereocenters. The zero-order valence-electron chi connectivity index (χ0n) is 26.3. The molecule has 1 aliphatic carbocycles. The number of allylic oxidation sites excluding steroid dienone is 6. The van der Waals surface area contributed by atoms with Crippen LogP contribution in [0.2, 0.25) is 0 Å². The second-order valence-electron chi connectivity index (χ2n) is 13.0. The minimum absolute atomic E-state index is 0.0699. The second kappa shape index (κ2) is 11.5. The van der Waals surface area contributed by atoms with Crippen LogP contribution in [0.4, 0.5) is 17.1 Å². The first kappa shape index (κ1) is 29.5. The largest absolute Gasteiger partial charge is 0.461 e. The maximum atomic E-state index is 9.49. The number of fused-ring (bicyclic) bond motifs is 3. The maximum Gasteiger partial charge on any atom is 0.137 e. The highest BCUT2D eigenvalue weighted by atomic mass is 16.5. The zero-order chi connectivity index (χ0) is 31.8. The van der Waals surface area contributed by atoms with Gasteiger partial charge >= 0.3 is 0 Å². The molecule has 4 aromatic carbocycles. The molecule has 2 aliphatic rings. The highest BCUT2D eigenvalue weighted by Gasteiger charge is 2.36. The van der Waals surface area contributed by atoms with Crippen molar-refractivity contribution in [3.8, 4) is 23.3 Å². The number of nitrogens with zero attached hydrogens (tertiary/aromatic N) is 3. The zero-order valence-corrected chi connectivity index (χ0v) is 26.3. The lowest BCUT2D eigenvalue weighted by atomic mass is 9.81. The fourth-order valence-corrected chi connectivity index (χ4v) is 6.04. The van der Waals surface area contributed by atoms with Gasteiger partial charge in [0.2, 0.25) is 0 Å². The maximum absolute atomic E-state index is 9.49. The highest BCUT2D eigenvalue weighted by molar-refractivity contribution is 5.86. The van der Waals surface area contributed by atoms with Crippen LogP contribution >= 0.6 is 0 Å². The molecule has 0 radical (unpaired) electrons. The van der Waals surface area contributed by atoms with Crippen LogP contribution in [0.25, 0.3) is 17.2 Å². The van der Waals surface area contributed by atoms with Gasteiger partial charge in [-0.05, 0) is 82.4 Å². The van der Waals surface area contributed by atoms with Gasteiger partial charge in [0, 0.05) is 33.5 Å². The van der Waals surface area contributed by atoms with E-state index in [0.29, 0.717) is 17.1 Å². The Morgan fingerprint density at radius 3 is 1.87 bits per heavy atom. The van der Waals surface area contributed by atoms with E-state index in [0.717, 1.165) is 22.6 Å². The minimum atomic E-state index is -0.284. The predicted octanol–water partition coefficient (Wildman–Crippen LogP) is 10.7. The van der Waals surface area contributed by atoms with E-state index in [1.165, 1.54) is 22.3 Å². The molecule has 4 heteroatoms. The summed E-state index contributed by atoms with van der Waals surface area (Å²) in [5.74, 6) is 1.30. The summed E-state index contributed by atoms with van der Waals surface area (Å²) in [6, 6.07) is 38.4. The molecule has 0 spiro atoms. The molecule has 1 aliphatic heterocycles. The summed E-state index contributed by atoms with van der Waals surface area (Å²) in [5.41, 5.74) is 9.60. The van der Waals surface area contributed by atoms with Crippen LogP contribution in [-0.2, 0) is 10.2 Å². The number of hydrogen-bond acceptors (Lipinski definition) is 4. The number of hydrogen-bond donors (Lipinski definition) is 0. The molecule has 6 rings (SSSR count). The summed E-state index contributed by atoms with van der Waals surface area (Å²) in [6.07, 6.45) is 7.50. The smallest absolute Gasteiger partial charge is 0.137 e. The first-order valence-electron chi connectivity index (χ1n) is 15.1. The van der Waals surface area contributed by atoms with E-state index in [-0.39, 0.29) is 16.4 Å². The molecule has 0 aromatic heterocycles. The molecular formula is C41H35N3O. The Morgan fingerprint density at radius 2 is 1.29 bits per heavy atom. The Hall–Kier alpha value is -5.58. The average molecular weight is 586 g/mol. The van der Waals surface area contributed by atoms with Crippen LogP contribution in [0.5, 0.6) is 0 Å². The van der Waals surface area contributed by atoms with Gasteiger partial charge < -0.3 is 9.64 Å². The highest BCUT2D eigenvalue weighted by Crippen LogP contribution is 2.51. The summed E-state index contributed by atoms with van der Waals surface area (Å²) < 4.78 is 6.21. The van der Waals surface area contributed by atoms with E-state index < -0.39 is 0 Å². The predicted molar refractivity (Wildman–Crippen MR) is 183 cm³/mol. The molecule has 0 atom stereocenters. The van der Waals surface area contributed by atoms with Gasteiger partial charge in [0.1, 0.15) is 29.2 Å². The first-order valence-corrected chi connectivity index (χ1v) is 15.1. The molecule has 1 heterocycles. The van der Waals surface area contributed by atoms with Gasteiger partial charge in [-0.25, -0.2) is 0 Å². The van der Waals surface area contributed by atoms with Gasteiger partial charge in [-0.3, -0.25) is 0 Å². The Labute approximate surface area is 266 Å². The van der Waals surface area contributed by atoms with Gasteiger partial charge in [0.15, 0.2) is 0 Å². The lowest BCUT2D eigenvalue weighted by Gasteiger charge is -2.28. The van der Waals surface area contributed by atoms with Crippen molar-refractivity contribution in [2.24, 2.45) is 5.41 Å². The molecule has 45 heavy (non-hydrogen) atoms. The molecule has 4 nitrogen and oxygen atoms in total. The van der Waals surface area contributed by atoms with Crippen molar-refractivity contribution in [1.29, 1.82) is 10.5 Å². The number of para-hydroxylation sites is 2. The first-order chi connectivity index (χ1) is 21.6. The third kappa shape index (κ3) is 5.60. The van der Waals surface area contributed by atoms with Gasteiger partial charge in [-0.2, -0.15) is 10.5 Å². The van der Waals surface area contributed by atoms with Crippen LogP contribution in [0, 0.1) is 28.1 Å². The number of benzene rings is 4. The van der Waals surface area contributed by atoms with Crippen LogP contribution in [0.15, 0.2) is 138 Å². The number of rotatable bonds is 5. The third-order valence-electron chi connectivity index (χ3n) is 8.47. The minimum Gasteiger partial charge on any atom is -0.461 e. The summed E-state index contributed by atoms with van der Waals surface area (Å²) in [5, 5.41) is 19.0. The van der Waals surface area contributed by atoms with Crippen molar-refractivity contribution in [2.75, 3.05) is 4.90 Å². The van der Waals surface area contributed by atoms with Gasteiger partial charge in [0.05, 0.1) is 0 Å². The van der Waals surface area contributed by atoms with Crippen molar-refractivity contribution in [3.63, 3.8) is 0 Å². The Kier molecular flexibility index (Phi) is 7.53. The van der Waals surface area contributed by atoms with Crippen molar-refractivity contribution in [1.82, 2.24) is 0 Å². The second-order valence-corrected chi connectivity index (χ2v) is 13.0. The lowest BCUT2D eigenvalue weighted by molar-refractivity contribution is 0.223.